The Morgan fingerprint density at radius 2 is 1.91 bits per heavy atom. The number of carbonyl (C=O) groups is 2. The number of hydrogen-bond acceptors (Lipinski definition) is 3. The Hall–Kier alpha value is -3.38. The van der Waals surface area contributed by atoms with Crippen LogP contribution in [0.1, 0.15) is 34.6 Å². The van der Waals surface area contributed by atoms with E-state index < -0.39 is 5.97 Å². The second-order valence-corrected chi connectivity index (χ2v) is 9.54. The van der Waals surface area contributed by atoms with Crippen LogP contribution in [0.4, 0.5) is 4.39 Å². The van der Waals surface area contributed by atoms with Gasteiger partial charge in [0.1, 0.15) is 11.6 Å². The van der Waals surface area contributed by atoms with Gasteiger partial charge in [-0.25, -0.2) is 4.39 Å². The lowest BCUT2D eigenvalue weighted by Gasteiger charge is -2.31. The van der Waals surface area contributed by atoms with Gasteiger partial charge in [-0.15, -0.1) is 0 Å². The normalized spacial score (nSPS) is 18.7. The predicted octanol–water partition coefficient (Wildman–Crippen LogP) is 5.47. The number of amides is 1. The molecule has 35 heavy (non-hydrogen) atoms. The summed E-state index contributed by atoms with van der Waals surface area (Å²) in [5.41, 5.74) is 4.40. The number of aliphatic carboxylic acids is 1. The first kappa shape index (κ1) is 23.4. The highest BCUT2D eigenvalue weighted by Gasteiger charge is 2.47. The van der Waals surface area contributed by atoms with Crippen molar-refractivity contribution in [3.8, 4) is 16.9 Å². The van der Waals surface area contributed by atoms with Crippen molar-refractivity contribution >= 4 is 23.5 Å². The summed E-state index contributed by atoms with van der Waals surface area (Å²) in [4.78, 5) is 26.5. The molecule has 0 spiro atoms. The fourth-order valence-corrected chi connectivity index (χ4v) is 5.42. The van der Waals surface area contributed by atoms with Crippen LogP contribution in [0.2, 0.25) is 5.02 Å². The minimum atomic E-state index is -0.934. The summed E-state index contributed by atoms with van der Waals surface area (Å²) in [6.07, 6.45) is 1.05. The van der Waals surface area contributed by atoms with Crippen LogP contribution in [0.3, 0.4) is 0 Å². The van der Waals surface area contributed by atoms with Gasteiger partial charge in [0.2, 0.25) is 5.91 Å². The Kier molecular flexibility index (Phi) is 6.24. The standard InChI is InChI=1S/C28H25ClFNO4/c1-35-26-9-6-16(13-27(32)33)12-21(26)17-7-8-25(30)19-10-11-31(15-23(17)19)28(34)22-14-20(22)18-4-2-3-5-24(18)29/h2-9,12,20,22H,10-11,13-15H2,1H3,(H,32,33). The van der Waals surface area contributed by atoms with E-state index >= 15 is 0 Å². The minimum absolute atomic E-state index is 0.0578. The Labute approximate surface area is 208 Å². The molecule has 1 aliphatic heterocycles. The summed E-state index contributed by atoms with van der Waals surface area (Å²) < 4.78 is 20.3. The molecule has 1 heterocycles. The zero-order chi connectivity index (χ0) is 24.7. The number of hydrogen-bond donors (Lipinski definition) is 1. The van der Waals surface area contributed by atoms with Crippen molar-refractivity contribution in [2.45, 2.75) is 31.7 Å². The van der Waals surface area contributed by atoms with Crippen LogP contribution in [0.5, 0.6) is 5.75 Å². The van der Waals surface area contributed by atoms with Gasteiger partial charge in [0.15, 0.2) is 0 Å². The van der Waals surface area contributed by atoms with E-state index in [0.29, 0.717) is 47.0 Å². The van der Waals surface area contributed by atoms with Crippen LogP contribution < -0.4 is 4.74 Å². The number of fused-ring (bicyclic) bond motifs is 1. The molecular formula is C28H25ClFNO4. The highest BCUT2D eigenvalue weighted by molar-refractivity contribution is 6.31. The first-order valence-corrected chi connectivity index (χ1v) is 12.0. The second kappa shape index (κ2) is 9.34. The van der Waals surface area contributed by atoms with Crippen molar-refractivity contribution in [2.75, 3.05) is 13.7 Å². The zero-order valence-corrected chi connectivity index (χ0v) is 20.0. The third-order valence-corrected chi connectivity index (χ3v) is 7.33. The summed E-state index contributed by atoms with van der Waals surface area (Å²) in [5, 5.41) is 9.90. The molecule has 0 radical (unpaired) electrons. The molecule has 1 N–H and O–H groups in total. The van der Waals surface area contributed by atoms with E-state index in [1.165, 1.54) is 6.07 Å². The molecule has 1 saturated carbocycles. The number of halogens is 2. The highest BCUT2D eigenvalue weighted by atomic mass is 35.5. The molecule has 3 aromatic carbocycles. The van der Waals surface area contributed by atoms with Gasteiger partial charge in [-0.1, -0.05) is 41.9 Å². The van der Waals surface area contributed by atoms with Gasteiger partial charge in [-0.05, 0) is 70.8 Å². The third-order valence-electron chi connectivity index (χ3n) is 6.99. The summed E-state index contributed by atoms with van der Waals surface area (Å²) >= 11 is 6.35. The Balaban J connectivity index is 1.46. The molecule has 2 atom stereocenters. The maximum Gasteiger partial charge on any atom is 0.307 e. The number of carboxylic acid groups (broad SMARTS) is 1. The van der Waals surface area contributed by atoms with Crippen molar-refractivity contribution in [3.05, 3.63) is 87.7 Å². The molecule has 2 unspecified atom stereocenters. The van der Waals surface area contributed by atoms with E-state index in [9.17, 15) is 19.1 Å². The molecule has 5 rings (SSSR count). The fourth-order valence-electron chi connectivity index (χ4n) is 5.14. The van der Waals surface area contributed by atoms with E-state index in [0.717, 1.165) is 23.1 Å². The van der Waals surface area contributed by atoms with E-state index in [1.54, 1.807) is 36.3 Å². The molecular weight excluding hydrogens is 469 g/mol. The highest BCUT2D eigenvalue weighted by Crippen LogP contribution is 2.51. The molecule has 0 bridgehead atoms. The fraction of sp³-hybridized carbons (Fsp3) is 0.286. The minimum Gasteiger partial charge on any atom is -0.496 e. The Morgan fingerprint density at radius 1 is 1.11 bits per heavy atom. The van der Waals surface area contributed by atoms with E-state index in [2.05, 4.69) is 0 Å². The number of benzene rings is 3. The second-order valence-electron chi connectivity index (χ2n) is 9.14. The summed E-state index contributed by atoms with van der Waals surface area (Å²) in [7, 11) is 1.55. The molecule has 1 aliphatic carbocycles. The van der Waals surface area contributed by atoms with Crippen LogP contribution in [0, 0.1) is 11.7 Å². The molecule has 2 aliphatic rings. The first-order chi connectivity index (χ1) is 16.9. The Bertz CT molecular complexity index is 1320. The average Bonchev–Trinajstić information content (AvgIpc) is 3.64. The molecule has 1 fully saturated rings. The first-order valence-electron chi connectivity index (χ1n) is 11.6. The third kappa shape index (κ3) is 4.50. The molecule has 3 aromatic rings. The van der Waals surface area contributed by atoms with Crippen molar-refractivity contribution < 1.29 is 23.8 Å². The smallest absolute Gasteiger partial charge is 0.307 e. The lowest BCUT2D eigenvalue weighted by Crippen LogP contribution is -2.37. The van der Waals surface area contributed by atoms with E-state index in [-0.39, 0.29) is 30.0 Å². The van der Waals surface area contributed by atoms with Crippen molar-refractivity contribution in [3.63, 3.8) is 0 Å². The van der Waals surface area contributed by atoms with Crippen molar-refractivity contribution in [2.24, 2.45) is 5.92 Å². The van der Waals surface area contributed by atoms with Crippen LogP contribution in [-0.4, -0.2) is 35.5 Å². The van der Waals surface area contributed by atoms with Crippen LogP contribution in [0.25, 0.3) is 11.1 Å². The average molecular weight is 494 g/mol. The van der Waals surface area contributed by atoms with Crippen LogP contribution in [-0.2, 0) is 29.0 Å². The van der Waals surface area contributed by atoms with E-state index in [4.69, 9.17) is 16.3 Å². The maximum absolute atomic E-state index is 14.8. The number of carboxylic acids is 1. The van der Waals surface area contributed by atoms with Crippen molar-refractivity contribution in [1.82, 2.24) is 4.90 Å². The SMILES string of the molecule is COc1ccc(CC(=O)O)cc1-c1ccc(F)c2c1CN(C(=O)C1CC1c1ccccc1Cl)CC2. The molecule has 7 heteroatoms. The number of carbonyl (C=O) groups excluding carboxylic acids is 1. The van der Waals surface area contributed by atoms with Crippen LogP contribution in [0.15, 0.2) is 54.6 Å². The van der Waals surface area contributed by atoms with Gasteiger partial charge in [0.25, 0.3) is 0 Å². The molecule has 180 valence electrons. The predicted molar refractivity (Wildman–Crippen MR) is 131 cm³/mol. The summed E-state index contributed by atoms with van der Waals surface area (Å²) in [6, 6.07) is 16.0. The number of ether oxygens (including phenoxy) is 1. The maximum atomic E-state index is 14.8. The van der Waals surface area contributed by atoms with Gasteiger partial charge in [-0.2, -0.15) is 0 Å². The summed E-state index contributed by atoms with van der Waals surface area (Å²) in [6.45, 7) is 0.744. The number of nitrogens with zero attached hydrogens (tertiary/aromatic N) is 1. The van der Waals surface area contributed by atoms with Crippen LogP contribution >= 0.6 is 11.6 Å². The summed E-state index contributed by atoms with van der Waals surface area (Å²) in [5.74, 6) is -0.618. The lowest BCUT2D eigenvalue weighted by molar-refractivity contribution is -0.136. The quantitative estimate of drug-likeness (QED) is 0.494. The van der Waals surface area contributed by atoms with E-state index in [1.807, 2.05) is 24.3 Å². The molecule has 1 amide bonds. The lowest BCUT2D eigenvalue weighted by atomic mass is 9.89. The zero-order valence-electron chi connectivity index (χ0n) is 19.3. The van der Waals surface area contributed by atoms with Crippen molar-refractivity contribution in [1.29, 1.82) is 0 Å². The van der Waals surface area contributed by atoms with Gasteiger partial charge in [-0.3, -0.25) is 9.59 Å². The molecule has 0 aromatic heterocycles. The van der Waals surface area contributed by atoms with Gasteiger partial charge in [0, 0.05) is 29.6 Å². The topological polar surface area (TPSA) is 66.8 Å². The van der Waals surface area contributed by atoms with Gasteiger partial charge >= 0.3 is 5.97 Å². The largest absolute Gasteiger partial charge is 0.496 e. The number of methoxy groups -OCH3 is 1. The van der Waals surface area contributed by atoms with Gasteiger partial charge in [0.05, 0.1) is 13.5 Å². The number of rotatable bonds is 6. The molecule has 5 nitrogen and oxygen atoms in total. The molecule has 0 saturated heterocycles. The monoisotopic (exact) mass is 493 g/mol. The Morgan fingerprint density at radius 3 is 2.66 bits per heavy atom. The van der Waals surface area contributed by atoms with Gasteiger partial charge < -0.3 is 14.7 Å².